The zero-order valence-electron chi connectivity index (χ0n) is 21.3. The van der Waals surface area contributed by atoms with Crippen LogP contribution in [0.2, 0.25) is 0 Å². The van der Waals surface area contributed by atoms with Gasteiger partial charge in [-0.3, -0.25) is 9.69 Å². The molecule has 208 valence electrons. The second-order valence-corrected chi connectivity index (χ2v) is 9.67. The highest BCUT2D eigenvalue weighted by molar-refractivity contribution is 6.00. The van der Waals surface area contributed by atoms with Crippen molar-refractivity contribution >= 4 is 11.7 Å². The number of fused-ring (bicyclic) bond motifs is 1. The number of anilines is 1. The van der Waals surface area contributed by atoms with E-state index in [1.54, 1.807) is 55.1 Å². The van der Waals surface area contributed by atoms with E-state index in [2.05, 4.69) is 4.98 Å². The van der Waals surface area contributed by atoms with Crippen molar-refractivity contribution in [2.75, 3.05) is 11.5 Å². The van der Waals surface area contributed by atoms with E-state index in [1.165, 1.54) is 23.4 Å². The standard InChI is InChI=1S/C29H23F6N3O2/c1-16-22-7-6-18(17-4-3-5-21(9-17)40-14-29(33,34)35)10-23(22)24(11-19-8-20(30)12-25(31)27(19)32)28(39)38(16)26-13-37(2)15-36-26/h3-10,12-13,15-16,24H,11,14H2,1-2H3. The van der Waals surface area contributed by atoms with Crippen molar-refractivity contribution < 1.29 is 35.9 Å². The Labute approximate surface area is 225 Å². The molecule has 0 N–H and O–H groups in total. The van der Waals surface area contributed by atoms with Gasteiger partial charge in [0.15, 0.2) is 24.1 Å². The molecule has 0 spiro atoms. The van der Waals surface area contributed by atoms with Crippen molar-refractivity contribution in [3.63, 3.8) is 0 Å². The Morgan fingerprint density at radius 1 is 0.975 bits per heavy atom. The summed E-state index contributed by atoms with van der Waals surface area (Å²) in [5.41, 5.74) is 2.01. The van der Waals surface area contributed by atoms with Gasteiger partial charge in [0.2, 0.25) is 5.91 Å². The fraction of sp³-hybridized carbons (Fsp3) is 0.241. The largest absolute Gasteiger partial charge is 0.484 e. The van der Waals surface area contributed by atoms with Crippen molar-refractivity contribution in [3.05, 3.63) is 101 Å². The highest BCUT2D eigenvalue weighted by atomic mass is 19.4. The molecular formula is C29H23F6N3O2. The maximum absolute atomic E-state index is 14.7. The van der Waals surface area contributed by atoms with Gasteiger partial charge < -0.3 is 9.30 Å². The molecule has 0 fully saturated rings. The van der Waals surface area contributed by atoms with Gasteiger partial charge in [-0.05, 0) is 65.4 Å². The minimum Gasteiger partial charge on any atom is -0.484 e. The number of imidazole rings is 1. The van der Waals surface area contributed by atoms with Crippen molar-refractivity contribution in [1.29, 1.82) is 0 Å². The minimum absolute atomic E-state index is 0.00664. The van der Waals surface area contributed by atoms with Crippen LogP contribution < -0.4 is 9.64 Å². The lowest BCUT2D eigenvalue weighted by molar-refractivity contribution is -0.153. The second-order valence-electron chi connectivity index (χ2n) is 9.67. The Kier molecular flexibility index (Phi) is 7.07. The Morgan fingerprint density at radius 2 is 1.73 bits per heavy atom. The molecule has 11 heteroatoms. The minimum atomic E-state index is -4.50. The van der Waals surface area contributed by atoms with Crippen LogP contribution in [0.25, 0.3) is 11.1 Å². The van der Waals surface area contributed by atoms with E-state index in [1.807, 2.05) is 0 Å². The van der Waals surface area contributed by atoms with E-state index < -0.39 is 48.1 Å². The second kappa shape index (κ2) is 10.4. The first-order valence-electron chi connectivity index (χ1n) is 12.3. The lowest BCUT2D eigenvalue weighted by Gasteiger charge is -2.38. The molecule has 1 aromatic heterocycles. The summed E-state index contributed by atoms with van der Waals surface area (Å²) in [5, 5.41) is 0. The first-order chi connectivity index (χ1) is 18.9. The molecule has 1 amide bonds. The number of nitrogens with zero attached hydrogens (tertiary/aromatic N) is 3. The Balaban J connectivity index is 1.59. The number of rotatable bonds is 6. The van der Waals surface area contributed by atoms with Gasteiger partial charge in [0.25, 0.3) is 0 Å². The van der Waals surface area contributed by atoms with Gasteiger partial charge >= 0.3 is 6.18 Å². The molecule has 0 radical (unpaired) electrons. The van der Waals surface area contributed by atoms with Gasteiger partial charge in [0, 0.05) is 19.3 Å². The Morgan fingerprint density at radius 3 is 2.42 bits per heavy atom. The summed E-state index contributed by atoms with van der Waals surface area (Å²) in [6.07, 6.45) is -1.66. The fourth-order valence-electron chi connectivity index (χ4n) is 5.01. The Bertz CT molecular complexity index is 1580. The highest BCUT2D eigenvalue weighted by Crippen LogP contribution is 2.42. The number of hydrogen-bond acceptors (Lipinski definition) is 3. The van der Waals surface area contributed by atoms with Gasteiger partial charge in [-0.2, -0.15) is 13.2 Å². The van der Waals surface area contributed by atoms with Crippen LogP contribution in [0, 0.1) is 17.5 Å². The summed E-state index contributed by atoms with van der Waals surface area (Å²) in [6, 6.07) is 12.1. The molecule has 0 bridgehead atoms. The average Bonchev–Trinajstić information content (AvgIpc) is 3.33. The molecule has 2 atom stereocenters. The first kappa shape index (κ1) is 27.3. The third-order valence-corrected chi connectivity index (χ3v) is 6.84. The topological polar surface area (TPSA) is 47.4 Å². The summed E-state index contributed by atoms with van der Waals surface area (Å²) in [5.74, 6) is -4.69. The van der Waals surface area contributed by atoms with E-state index in [-0.39, 0.29) is 17.7 Å². The fourth-order valence-corrected chi connectivity index (χ4v) is 5.01. The van der Waals surface area contributed by atoms with E-state index in [0.29, 0.717) is 34.1 Å². The van der Waals surface area contributed by atoms with Gasteiger partial charge in [-0.15, -0.1) is 0 Å². The van der Waals surface area contributed by atoms with Gasteiger partial charge in [0.1, 0.15) is 11.6 Å². The average molecular weight is 560 g/mol. The molecule has 2 heterocycles. The molecule has 3 aromatic carbocycles. The molecule has 2 unspecified atom stereocenters. The molecule has 5 nitrogen and oxygen atoms in total. The summed E-state index contributed by atoms with van der Waals surface area (Å²) < 4.78 is 87.2. The highest BCUT2D eigenvalue weighted by Gasteiger charge is 2.40. The number of amides is 1. The normalized spacial score (nSPS) is 17.2. The predicted molar refractivity (Wildman–Crippen MR) is 135 cm³/mol. The van der Waals surface area contributed by atoms with Crippen LogP contribution in [0.3, 0.4) is 0 Å². The number of hydrogen-bond donors (Lipinski definition) is 0. The zero-order chi connectivity index (χ0) is 28.8. The molecule has 4 aromatic rings. The molecule has 0 aliphatic carbocycles. The summed E-state index contributed by atoms with van der Waals surface area (Å²) in [4.78, 5) is 19.7. The zero-order valence-corrected chi connectivity index (χ0v) is 21.3. The quantitative estimate of drug-likeness (QED) is 0.191. The van der Waals surface area contributed by atoms with E-state index in [9.17, 15) is 31.1 Å². The third kappa shape index (κ3) is 5.41. The number of aromatic nitrogens is 2. The molecule has 5 rings (SSSR count). The van der Waals surface area contributed by atoms with Crippen LogP contribution in [0.1, 0.15) is 35.6 Å². The van der Waals surface area contributed by atoms with Gasteiger partial charge in [-0.1, -0.05) is 24.3 Å². The maximum Gasteiger partial charge on any atom is 0.422 e. The van der Waals surface area contributed by atoms with E-state index in [4.69, 9.17) is 4.74 Å². The van der Waals surface area contributed by atoms with Crippen LogP contribution in [0.5, 0.6) is 5.75 Å². The number of benzene rings is 3. The molecule has 1 aliphatic heterocycles. The molecular weight excluding hydrogens is 536 g/mol. The Hall–Kier alpha value is -4.28. The number of halogens is 6. The lowest BCUT2D eigenvalue weighted by atomic mass is 9.80. The molecule has 0 saturated carbocycles. The predicted octanol–water partition coefficient (Wildman–Crippen LogP) is 6.88. The molecule has 1 aliphatic rings. The number of aryl methyl sites for hydroxylation is 1. The van der Waals surface area contributed by atoms with Crippen LogP contribution in [-0.2, 0) is 18.3 Å². The number of ether oxygens (including phenoxy) is 1. The van der Waals surface area contributed by atoms with Crippen molar-refractivity contribution in [3.8, 4) is 16.9 Å². The summed E-state index contributed by atoms with van der Waals surface area (Å²) >= 11 is 0. The number of carbonyl (C=O) groups excluding carboxylic acids is 1. The summed E-state index contributed by atoms with van der Waals surface area (Å²) in [7, 11) is 1.74. The van der Waals surface area contributed by atoms with Crippen LogP contribution in [0.4, 0.5) is 32.2 Å². The summed E-state index contributed by atoms with van der Waals surface area (Å²) in [6.45, 7) is 0.350. The van der Waals surface area contributed by atoms with Gasteiger partial charge in [0.05, 0.1) is 18.3 Å². The van der Waals surface area contributed by atoms with E-state index in [0.717, 1.165) is 6.07 Å². The van der Waals surface area contributed by atoms with Crippen LogP contribution in [-0.4, -0.2) is 28.2 Å². The first-order valence-corrected chi connectivity index (χ1v) is 12.3. The molecule has 40 heavy (non-hydrogen) atoms. The van der Waals surface area contributed by atoms with Crippen molar-refractivity contribution in [2.45, 2.75) is 31.5 Å². The van der Waals surface area contributed by atoms with Crippen LogP contribution >= 0.6 is 0 Å². The molecule has 0 saturated heterocycles. The van der Waals surface area contributed by atoms with Crippen molar-refractivity contribution in [1.82, 2.24) is 9.55 Å². The number of alkyl halides is 3. The van der Waals surface area contributed by atoms with Crippen LogP contribution in [0.15, 0.2) is 67.1 Å². The smallest absolute Gasteiger partial charge is 0.422 e. The lowest BCUT2D eigenvalue weighted by Crippen LogP contribution is -2.43. The van der Waals surface area contributed by atoms with Crippen molar-refractivity contribution in [2.24, 2.45) is 7.05 Å². The monoisotopic (exact) mass is 559 g/mol. The van der Waals surface area contributed by atoms with E-state index >= 15 is 0 Å². The number of carbonyl (C=O) groups is 1. The third-order valence-electron chi connectivity index (χ3n) is 6.84. The maximum atomic E-state index is 14.7. The van der Waals surface area contributed by atoms with Gasteiger partial charge in [-0.25, -0.2) is 18.2 Å². The SMILES string of the molecule is CC1c2ccc(-c3cccc(OCC(F)(F)F)c3)cc2C(Cc2cc(F)cc(F)c2F)C(=O)N1c1cn(C)cn1.